The third kappa shape index (κ3) is 4.63. The van der Waals surface area contributed by atoms with Crippen LogP contribution in [0.25, 0.3) is 11.2 Å². The molecule has 2 aromatic rings. The molecule has 0 amide bonds. The summed E-state index contributed by atoms with van der Waals surface area (Å²) in [5, 5.41) is 20.5. The van der Waals surface area contributed by atoms with Crippen molar-refractivity contribution in [1.82, 2.24) is 25.7 Å². The molecule has 0 saturated carbocycles. The lowest BCUT2D eigenvalue weighted by atomic mass is 10.1. The van der Waals surface area contributed by atoms with Gasteiger partial charge in [0.2, 0.25) is 0 Å². The monoisotopic (exact) mass is 422 g/mol. The molecule has 3 heterocycles. The van der Waals surface area contributed by atoms with Gasteiger partial charge >= 0.3 is 7.82 Å². The molecule has 15 heteroatoms. The van der Waals surface area contributed by atoms with Gasteiger partial charge in [-0.05, 0) is 0 Å². The molecule has 1 aliphatic rings. The molecule has 0 aromatic carbocycles. The fraction of sp³-hybridized carbons (Fsp3) is 0.615. The largest absolute Gasteiger partial charge is 0.472 e. The van der Waals surface area contributed by atoms with Gasteiger partial charge in [0.25, 0.3) is 0 Å². The zero-order valence-electron chi connectivity index (χ0n) is 15.0. The van der Waals surface area contributed by atoms with E-state index < -0.39 is 39.0 Å². The van der Waals surface area contributed by atoms with Crippen molar-refractivity contribution >= 4 is 24.8 Å². The van der Waals surface area contributed by atoms with Gasteiger partial charge in [0.1, 0.15) is 30.2 Å². The van der Waals surface area contributed by atoms with E-state index in [2.05, 4.69) is 19.5 Å². The standard InChI is InChI=1S/C13H20N5O8P.H3N/c1-23-2-3-24-27(21,22)25-4-7-9(19)10(20)13(26-7)18-6-17-8-11(14)15-5-16-12(8)18;/h5-7,9-10,13,19-20H,2-4H2,1H3,(H,21,22)(H2,14,15,16);1H3/t7-,9-,10-,13-;/m1./s1. The first-order valence-electron chi connectivity index (χ1n) is 7.89. The van der Waals surface area contributed by atoms with Crippen LogP contribution < -0.4 is 11.9 Å². The van der Waals surface area contributed by atoms with Crippen LogP contribution in [-0.2, 0) is 23.1 Å². The number of phosphoric acid groups is 1. The van der Waals surface area contributed by atoms with E-state index in [1.54, 1.807) is 0 Å². The second-order valence-corrected chi connectivity index (χ2v) is 7.17. The lowest BCUT2D eigenvalue weighted by molar-refractivity contribution is -0.0517. The Morgan fingerprint density at radius 3 is 2.71 bits per heavy atom. The number of methoxy groups -OCH3 is 1. The first kappa shape index (κ1) is 22.5. The quantitative estimate of drug-likeness (QED) is 0.254. The number of aromatic nitrogens is 4. The Morgan fingerprint density at radius 1 is 1.25 bits per heavy atom. The van der Waals surface area contributed by atoms with E-state index in [-0.39, 0.29) is 25.2 Å². The number of ether oxygens (including phenoxy) is 2. The van der Waals surface area contributed by atoms with Crippen LogP contribution in [0.2, 0.25) is 0 Å². The molecule has 1 unspecified atom stereocenters. The summed E-state index contributed by atoms with van der Waals surface area (Å²) in [6.45, 7) is -0.527. The predicted molar refractivity (Wildman–Crippen MR) is 94.3 cm³/mol. The summed E-state index contributed by atoms with van der Waals surface area (Å²) in [4.78, 5) is 21.5. The number of aliphatic hydroxyl groups is 2. The average Bonchev–Trinajstić information content (AvgIpc) is 3.17. The number of hydrogen-bond donors (Lipinski definition) is 5. The summed E-state index contributed by atoms with van der Waals surface area (Å²) >= 11 is 0. The van der Waals surface area contributed by atoms with Gasteiger partial charge < -0.3 is 36.5 Å². The molecule has 2 aromatic heterocycles. The topological polar surface area (TPSA) is 219 Å². The molecule has 14 nitrogen and oxygen atoms in total. The van der Waals surface area contributed by atoms with Crippen molar-refractivity contribution in [3.05, 3.63) is 12.7 Å². The number of nitrogen functional groups attached to an aromatic ring is 1. The van der Waals surface area contributed by atoms with Crippen molar-refractivity contribution in [3.8, 4) is 0 Å². The fourth-order valence-electron chi connectivity index (χ4n) is 2.59. The zero-order chi connectivity index (χ0) is 19.6. The fourth-order valence-corrected chi connectivity index (χ4v) is 3.31. The Hall–Kier alpha value is -1.74. The molecular weight excluding hydrogens is 399 g/mol. The second kappa shape index (κ2) is 9.17. The van der Waals surface area contributed by atoms with Crippen molar-refractivity contribution in [1.29, 1.82) is 0 Å². The van der Waals surface area contributed by atoms with Gasteiger partial charge in [0.15, 0.2) is 17.7 Å². The Morgan fingerprint density at radius 2 is 2.00 bits per heavy atom. The van der Waals surface area contributed by atoms with Crippen LogP contribution in [-0.4, -0.2) is 79.9 Å². The lowest BCUT2D eigenvalue weighted by Crippen LogP contribution is -2.33. The summed E-state index contributed by atoms with van der Waals surface area (Å²) < 4.78 is 32.9. The summed E-state index contributed by atoms with van der Waals surface area (Å²) in [7, 11) is -2.94. The predicted octanol–water partition coefficient (Wildman–Crippen LogP) is -1.03. The molecule has 28 heavy (non-hydrogen) atoms. The van der Waals surface area contributed by atoms with Crippen molar-refractivity contribution in [2.75, 3.05) is 32.7 Å². The van der Waals surface area contributed by atoms with E-state index in [9.17, 15) is 19.7 Å². The Bertz CT molecular complexity index is 836. The number of rotatable bonds is 8. The SMILES string of the molecule is COCCOP(=O)(O)OC[C@H]1O[C@@H](n2cnc3c(N)ncnc32)[C@H](O)[C@@H]1O.N. The summed E-state index contributed by atoms with van der Waals surface area (Å²) in [5.41, 5.74) is 6.34. The lowest BCUT2D eigenvalue weighted by Gasteiger charge is -2.17. The molecule has 3 rings (SSSR count). The number of phosphoric ester groups is 1. The van der Waals surface area contributed by atoms with Gasteiger partial charge in [-0.1, -0.05) is 0 Å². The third-order valence-electron chi connectivity index (χ3n) is 3.94. The maximum Gasteiger partial charge on any atom is 0.472 e. The number of fused-ring (bicyclic) bond motifs is 1. The average molecular weight is 422 g/mol. The number of anilines is 1. The highest BCUT2D eigenvalue weighted by atomic mass is 31.2. The van der Waals surface area contributed by atoms with E-state index in [1.165, 1.54) is 24.3 Å². The summed E-state index contributed by atoms with van der Waals surface area (Å²) in [6.07, 6.45) is -2.32. The van der Waals surface area contributed by atoms with Crippen LogP contribution in [0, 0.1) is 0 Å². The van der Waals surface area contributed by atoms with Crippen molar-refractivity contribution < 1.29 is 38.2 Å². The zero-order valence-corrected chi connectivity index (χ0v) is 15.9. The van der Waals surface area contributed by atoms with Gasteiger partial charge in [-0.15, -0.1) is 0 Å². The van der Waals surface area contributed by atoms with Crippen molar-refractivity contribution in [3.63, 3.8) is 0 Å². The summed E-state index contributed by atoms with van der Waals surface area (Å²) in [6, 6.07) is 0. The normalized spacial score (nSPS) is 26.9. The van der Waals surface area contributed by atoms with E-state index in [4.69, 9.17) is 19.7 Å². The third-order valence-corrected chi connectivity index (χ3v) is 4.93. The highest BCUT2D eigenvalue weighted by molar-refractivity contribution is 7.47. The molecule has 8 N–H and O–H groups in total. The van der Waals surface area contributed by atoms with E-state index in [0.29, 0.717) is 11.2 Å². The van der Waals surface area contributed by atoms with Crippen LogP contribution in [0.15, 0.2) is 12.7 Å². The van der Waals surface area contributed by atoms with Crippen LogP contribution in [0.5, 0.6) is 0 Å². The molecule has 158 valence electrons. The van der Waals surface area contributed by atoms with Gasteiger partial charge in [-0.25, -0.2) is 19.5 Å². The van der Waals surface area contributed by atoms with E-state index >= 15 is 0 Å². The molecule has 0 spiro atoms. The Balaban J connectivity index is 0.00000280. The minimum atomic E-state index is -4.36. The Kier molecular flexibility index (Phi) is 7.39. The number of nitrogens with two attached hydrogens (primary N) is 1. The highest BCUT2D eigenvalue weighted by Gasteiger charge is 2.45. The van der Waals surface area contributed by atoms with Crippen LogP contribution in [0.1, 0.15) is 6.23 Å². The van der Waals surface area contributed by atoms with Crippen molar-refractivity contribution in [2.24, 2.45) is 0 Å². The summed E-state index contributed by atoms with van der Waals surface area (Å²) in [5.74, 6) is 0.154. The second-order valence-electron chi connectivity index (χ2n) is 5.72. The van der Waals surface area contributed by atoms with Gasteiger partial charge in [0, 0.05) is 7.11 Å². The maximum absolute atomic E-state index is 11.8. The molecule has 1 saturated heterocycles. The first-order valence-corrected chi connectivity index (χ1v) is 9.39. The van der Waals surface area contributed by atoms with E-state index in [0.717, 1.165) is 0 Å². The molecular formula is C13H23N6O8P. The number of imidazole rings is 1. The molecule has 0 radical (unpaired) electrons. The molecule has 1 aliphatic heterocycles. The van der Waals surface area contributed by atoms with Crippen LogP contribution >= 0.6 is 7.82 Å². The smallest absolute Gasteiger partial charge is 0.387 e. The minimum Gasteiger partial charge on any atom is -0.387 e. The molecule has 1 fully saturated rings. The number of nitrogens with zero attached hydrogens (tertiary/aromatic N) is 4. The van der Waals surface area contributed by atoms with Crippen LogP contribution in [0.3, 0.4) is 0 Å². The molecule has 0 aliphatic carbocycles. The van der Waals surface area contributed by atoms with Crippen molar-refractivity contribution in [2.45, 2.75) is 24.5 Å². The van der Waals surface area contributed by atoms with Gasteiger partial charge in [-0.2, -0.15) is 0 Å². The van der Waals surface area contributed by atoms with E-state index in [1.807, 2.05) is 0 Å². The Labute approximate surface area is 159 Å². The maximum atomic E-state index is 11.8. The van der Waals surface area contributed by atoms with Gasteiger partial charge in [0.05, 0.1) is 26.1 Å². The minimum absolute atomic E-state index is 0. The first-order chi connectivity index (χ1) is 12.8. The van der Waals surface area contributed by atoms with Crippen LogP contribution in [0.4, 0.5) is 5.82 Å². The molecule has 0 bridgehead atoms. The molecule has 5 atom stereocenters. The van der Waals surface area contributed by atoms with Gasteiger partial charge in [-0.3, -0.25) is 13.6 Å². The number of hydrogen-bond acceptors (Lipinski definition) is 12. The number of aliphatic hydroxyl groups excluding tert-OH is 2. The highest BCUT2D eigenvalue weighted by Crippen LogP contribution is 2.44.